The molecule has 0 radical (unpaired) electrons. The van der Waals surface area contributed by atoms with Crippen LogP contribution < -0.4 is 10.5 Å². The van der Waals surface area contributed by atoms with Crippen LogP contribution in [0.2, 0.25) is 0 Å². The third kappa shape index (κ3) is 2.86. The van der Waals surface area contributed by atoms with Gasteiger partial charge in [-0.05, 0) is 24.1 Å². The largest absolute Gasteiger partial charge is 0.494 e. The standard InChI is InChI=1S/C14H18FN3O/c1-3-4-5-18-9-11(8-17-18)10-6-12(15)14(16)13(7-10)19-2/h6-9H,3-5,16H2,1-2H3. The summed E-state index contributed by atoms with van der Waals surface area (Å²) in [6.07, 6.45) is 5.81. The number of hydrogen-bond donors (Lipinski definition) is 1. The van der Waals surface area contributed by atoms with Crippen molar-refractivity contribution in [1.29, 1.82) is 0 Å². The lowest BCUT2D eigenvalue weighted by Gasteiger charge is -2.07. The fourth-order valence-electron chi connectivity index (χ4n) is 1.88. The van der Waals surface area contributed by atoms with E-state index in [1.807, 2.05) is 10.9 Å². The number of ether oxygens (including phenoxy) is 1. The van der Waals surface area contributed by atoms with Crippen LogP contribution >= 0.6 is 0 Å². The molecule has 0 aliphatic heterocycles. The number of nitrogen functional groups attached to an aromatic ring is 1. The highest BCUT2D eigenvalue weighted by atomic mass is 19.1. The molecular weight excluding hydrogens is 245 g/mol. The van der Waals surface area contributed by atoms with Gasteiger partial charge in [0.05, 0.1) is 13.3 Å². The minimum Gasteiger partial charge on any atom is -0.494 e. The van der Waals surface area contributed by atoms with Crippen molar-refractivity contribution in [2.24, 2.45) is 0 Å². The Kier molecular flexibility index (Phi) is 4.04. The highest BCUT2D eigenvalue weighted by Crippen LogP contribution is 2.31. The summed E-state index contributed by atoms with van der Waals surface area (Å²) in [5.41, 5.74) is 7.19. The molecule has 0 saturated carbocycles. The number of aromatic nitrogens is 2. The molecule has 0 spiro atoms. The number of nitrogens with zero attached hydrogens (tertiary/aromatic N) is 2. The Hall–Kier alpha value is -2.04. The van der Waals surface area contributed by atoms with Gasteiger partial charge >= 0.3 is 0 Å². The molecule has 19 heavy (non-hydrogen) atoms. The molecule has 4 nitrogen and oxygen atoms in total. The first-order valence-electron chi connectivity index (χ1n) is 6.31. The number of unbranched alkanes of at least 4 members (excludes halogenated alkanes) is 1. The molecule has 0 fully saturated rings. The molecule has 2 rings (SSSR count). The smallest absolute Gasteiger partial charge is 0.150 e. The van der Waals surface area contributed by atoms with Crippen LogP contribution in [0.4, 0.5) is 10.1 Å². The van der Waals surface area contributed by atoms with Crippen LogP contribution in [-0.2, 0) is 6.54 Å². The Morgan fingerprint density at radius 3 is 2.84 bits per heavy atom. The number of aryl methyl sites for hydroxylation is 1. The summed E-state index contributed by atoms with van der Waals surface area (Å²) in [7, 11) is 1.47. The average molecular weight is 263 g/mol. The number of rotatable bonds is 5. The molecular formula is C14H18FN3O. The second kappa shape index (κ2) is 5.73. The first kappa shape index (κ1) is 13.4. The quantitative estimate of drug-likeness (QED) is 0.843. The van der Waals surface area contributed by atoms with Gasteiger partial charge in [0.1, 0.15) is 11.4 Å². The van der Waals surface area contributed by atoms with Gasteiger partial charge in [-0.3, -0.25) is 4.68 Å². The van der Waals surface area contributed by atoms with Gasteiger partial charge in [-0.15, -0.1) is 0 Å². The van der Waals surface area contributed by atoms with Gasteiger partial charge in [0.25, 0.3) is 0 Å². The molecule has 0 aliphatic carbocycles. The van der Waals surface area contributed by atoms with Crippen molar-refractivity contribution in [1.82, 2.24) is 9.78 Å². The highest BCUT2D eigenvalue weighted by molar-refractivity contribution is 5.69. The van der Waals surface area contributed by atoms with Gasteiger partial charge in [-0.1, -0.05) is 13.3 Å². The Morgan fingerprint density at radius 2 is 2.16 bits per heavy atom. The van der Waals surface area contributed by atoms with Gasteiger partial charge in [0, 0.05) is 18.3 Å². The summed E-state index contributed by atoms with van der Waals surface area (Å²) >= 11 is 0. The van der Waals surface area contributed by atoms with Crippen LogP contribution in [0.1, 0.15) is 19.8 Å². The first-order valence-corrected chi connectivity index (χ1v) is 6.31. The van der Waals surface area contributed by atoms with Crippen LogP contribution in [0.5, 0.6) is 5.75 Å². The molecule has 1 aromatic heterocycles. The highest BCUT2D eigenvalue weighted by Gasteiger charge is 2.11. The maximum Gasteiger partial charge on any atom is 0.150 e. The molecule has 5 heteroatoms. The van der Waals surface area contributed by atoms with Gasteiger partial charge < -0.3 is 10.5 Å². The average Bonchev–Trinajstić information content (AvgIpc) is 2.88. The van der Waals surface area contributed by atoms with Crippen LogP contribution in [0.15, 0.2) is 24.5 Å². The topological polar surface area (TPSA) is 53.1 Å². The van der Waals surface area contributed by atoms with Crippen LogP contribution in [0, 0.1) is 5.82 Å². The summed E-state index contributed by atoms with van der Waals surface area (Å²) in [5.74, 6) is -0.132. The van der Waals surface area contributed by atoms with Crippen molar-refractivity contribution >= 4 is 5.69 Å². The maximum atomic E-state index is 13.7. The molecule has 0 bridgehead atoms. The van der Waals surface area contributed by atoms with E-state index < -0.39 is 5.82 Å². The lowest BCUT2D eigenvalue weighted by atomic mass is 10.1. The van der Waals surface area contributed by atoms with E-state index in [0.29, 0.717) is 11.3 Å². The molecule has 1 heterocycles. The Balaban J connectivity index is 2.31. The number of anilines is 1. The van der Waals surface area contributed by atoms with Gasteiger partial charge in [0.15, 0.2) is 5.82 Å². The Morgan fingerprint density at radius 1 is 1.37 bits per heavy atom. The van der Waals surface area contributed by atoms with E-state index in [0.717, 1.165) is 24.9 Å². The minimum atomic E-state index is -0.476. The lowest BCUT2D eigenvalue weighted by molar-refractivity contribution is 0.414. The Labute approximate surface area is 112 Å². The zero-order valence-corrected chi connectivity index (χ0v) is 11.2. The normalized spacial score (nSPS) is 10.7. The van der Waals surface area contributed by atoms with Crippen molar-refractivity contribution in [3.63, 3.8) is 0 Å². The minimum absolute atomic E-state index is 0.0321. The van der Waals surface area contributed by atoms with Crippen molar-refractivity contribution < 1.29 is 9.13 Å². The molecule has 0 atom stereocenters. The SMILES string of the molecule is CCCCn1cc(-c2cc(F)c(N)c(OC)c2)cn1. The first-order chi connectivity index (χ1) is 9.15. The van der Waals surface area contributed by atoms with Crippen molar-refractivity contribution in [2.45, 2.75) is 26.3 Å². The summed E-state index contributed by atoms with van der Waals surface area (Å²) in [5, 5.41) is 4.26. The molecule has 2 N–H and O–H groups in total. The van der Waals surface area contributed by atoms with Crippen molar-refractivity contribution in [3.05, 3.63) is 30.3 Å². The number of methoxy groups -OCH3 is 1. The number of nitrogens with two attached hydrogens (primary N) is 1. The molecule has 0 aliphatic rings. The maximum absolute atomic E-state index is 13.7. The van der Waals surface area contributed by atoms with Crippen LogP contribution in [0.25, 0.3) is 11.1 Å². The number of halogens is 1. The summed E-state index contributed by atoms with van der Waals surface area (Å²) in [6, 6.07) is 3.12. The molecule has 1 aromatic carbocycles. The summed E-state index contributed by atoms with van der Waals surface area (Å²) in [4.78, 5) is 0. The predicted octanol–water partition coefficient (Wildman–Crippen LogP) is 3.08. The monoisotopic (exact) mass is 263 g/mol. The fraction of sp³-hybridized carbons (Fsp3) is 0.357. The predicted molar refractivity (Wildman–Crippen MR) is 73.5 cm³/mol. The zero-order valence-electron chi connectivity index (χ0n) is 11.2. The molecule has 0 amide bonds. The van der Waals surface area contributed by atoms with Gasteiger partial charge in [0.2, 0.25) is 0 Å². The molecule has 102 valence electrons. The fourth-order valence-corrected chi connectivity index (χ4v) is 1.88. The van der Waals surface area contributed by atoms with Crippen molar-refractivity contribution in [3.8, 4) is 16.9 Å². The van der Waals surface area contributed by atoms with E-state index in [4.69, 9.17) is 10.5 Å². The number of benzene rings is 1. The summed E-state index contributed by atoms with van der Waals surface area (Å²) in [6.45, 7) is 3.00. The van der Waals surface area contributed by atoms with E-state index in [2.05, 4.69) is 12.0 Å². The van der Waals surface area contributed by atoms with Gasteiger partial charge in [-0.2, -0.15) is 5.10 Å². The van der Waals surface area contributed by atoms with E-state index in [-0.39, 0.29) is 5.69 Å². The lowest BCUT2D eigenvalue weighted by Crippen LogP contribution is -1.97. The third-order valence-corrected chi connectivity index (χ3v) is 3.02. The third-order valence-electron chi connectivity index (χ3n) is 3.02. The van der Waals surface area contributed by atoms with Crippen molar-refractivity contribution in [2.75, 3.05) is 12.8 Å². The van der Waals surface area contributed by atoms with E-state index in [9.17, 15) is 4.39 Å². The van der Waals surface area contributed by atoms with E-state index in [1.165, 1.54) is 13.2 Å². The summed E-state index contributed by atoms with van der Waals surface area (Å²) < 4.78 is 20.6. The molecule has 2 aromatic rings. The Bertz CT molecular complexity index is 566. The van der Waals surface area contributed by atoms with Gasteiger partial charge in [-0.25, -0.2) is 4.39 Å². The zero-order chi connectivity index (χ0) is 13.8. The van der Waals surface area contributed by atoms with Crippen LogP contribution in [0.3, 0.4) is 0 Å². The molecule has 0 saturated heterocycles. The molecule has 0 unspecified atom stereocenters. The van der Waals surface area contributed by atoms with E-state index >= 15 is 0 Å². The van der Waals surface area contributed by atoms with E-state index in [1.54, 1.807) is 12.3 Å². The van der Waals surface area contributed by atoms with Crippen LogP contribution in [-0.4, -0.2) is 16.9 Å². The second-order valence-corrected chi connectivity index (χ2v) is 4.42. The second-order valence-electron chi connectivity index (χ2n) is 4.42. The number of hydrogen-bond acceptors (Lipinski definition) is 3.